The Bertz CT molecular complexity index is 87.7. The zero-order chi connectivity index (χ0) is 5.70. The Balaban J connectivity index is 3.49. The molecule has 0 aliphatic heterocycles. The minimum absolute atomic E-state index is 0.498. The highest BCUT2D eigenvalue weighted by Crippen LogP contribution is 1.76. The highest BCUT2D eigenvalue weighted by molar-refractivity contribution is 7.78. The number of hydrogen-bond donors (Lipinski definition) is 3. The number of nitrogens with one attached hydrogen (secondary N) is 1. The maximum atomic E-state index is 5.19. The molecule has 0 saturated carbocycles. The van der Waals surface area contributed by atoms with Crippen LogP contribution in [0.1, 0.15) is 0 Å². The highest BCUT2D eigenvalue weighted by Gasteiger charge is 1.72. The Hall–Kier alpha value is -0.570. The van der Waals surface area contributed by atoms with Crippen LogP contribution in [-0.2, 0) is 0 Å². The molecule has 7 heavy (non-hydrogen) atoms. The zero-order valence-corrected chi connectivity index (χ0v) is 4.78. The first-order valence-electron chi connectivity index (χ1n) is 1.79. The topological polar surface area (TPSA) is 38.0 Å². The van der Waals surface area contributed by atoms with Gasteiger partial charge in [-0.25, -0.2) is 0 Å². The molecule has 0 unspecified atom stereocenters. The summed E-state index contributed by atoms with van der Waals surface area (Å²) in [6.07, 6.45) is 3.20. The maximum Gasteiger partial charge on any atom is 0.106 e. The van der Waals surface area contributed by atoms with Gasteiger partial charge in [-0.2, -0.15) is 0 Å². The molecule has 0 fully saturated rings. The van der Waals surface area contributed by atoms with E-state index in [-0.39, 0.29) is 0 Å². The molecule has 3 heteroatoms. The van der Waals surface area contributed by atoms with Gasteiger partial charge < -0.3 is 10.5 Å². The fourth-order valence-electron chi connectivity index (χ4n) is 0.164. The molecule has 0 rings (SSSR count). The van der Waals surface area contributed by atoms with Gasteiger partial charge in [-0.15, -0.1) is 0 Å². The average molecular weight is 116 g/mol. The van der Waals surface area contributed by atoms with Crippen molar-refractivity contribution < 1.29 is 0 Å². The van der Waals surface area contributed by atoms with Crippen molar-refractivity contribution in [2.45, 2.75) is 0 Å². The Kier molecular flexibility index (Phi) is 3.32. The van der Waals surface area contributed by atoms with Gasteiger partial charge in [-0.1, -0.05) is 25.5 Å². The third kappa shape index (κ3) is 3.26. The van der Waals surface area contributed by atoms with Gasteiger partial charge in [0.05, 0.1) is 0 Å². The molecule has 3 N–H and O–H groups in total. The summed E-state index contributed by atoms with van der Waals surface area (Å²) in [5, 5.41) is 0. The molecule has 0 aliphatic carbocycles. The summed E-state index contributed by atoms with van der Waals surface area (Å²) in [4.78, 5) is 0. The number of allylic oxidation sites excluding steroid dienone is 2. The second kappa shape index (κ2) is 3.61. The molecule has 0 saturated heterocycles. The molecule has 0 atom stereocenters. The molecule has 40 valence electrons. The first-order valence-corrected chi connectivity index (χ1v) is 2.24. The fourth-order valence-corrected chi connectivity index (χ4v) is 0.239. The molecular formula is C4H8N2S. The van der Waals surface area contributed by atoms with Crippen molar-refractivity contribution in [3.8, 4) is 0 Å². The summed E-state index contributed by atoms with van der Waals surface area (Å²) in [6, 6.07) is 0. The van der Waals surface area contributed by atoms with Gasteiger partial charge in [0.2, 0.25) is 0 Å². The summed E-state index contributed by atoms with van der Waals surface area (Å²) in [5.41, 5.74) is 5.19. The molecule has 2 nitrogen and oxygen atoms in total. The molecule has 0 heterocycles. The van der Waals surface area contributed by atoms with E-state index in [1.165, 1.54) is 0 Å². The van der Waals surface area contributed by atoms with Gasteiger partial charge in [-0.3, -0.25) is 0 Å². The van der Waals surface area contributed by atoms with Crippen LogP contribution in [0.15, 0.2) is 24.6 Å². The van der Waals surface area contributed by atoms with Crippen molar-refractivity contribution in [2.24, 2.45) is 5.73 Å². The molecule has 0 aromatic heterocycles. The minimum atomic E-state index is 0.498. The van der Waals surface area contributed by atoms with E-state index in [0.29, 0.717) is 5.82 Å². The summed E-state index contributed by atoms with van der Waals surface area (Å²) in [5.74, 6) is 0.498. The van der Waals surface area contributed by atoms with Gasteiger partial charge in [0.1, 0.15) is 5.82 Å². The van der Waals surface area contributed by atoms with E-state index in [1.54, 1.807) is 12.2 Å². The lowest BCUT2D eigenvalue weighted by molar-refractivity contribution is 1.17. The van der Waals surface area contributed by atoms with Crippen LogP contribution < -0.4 is 10.5 Å². The largest absolute Gasteiger partial charge is 0.385 e. The molecule has 0 aromatic rings. The smallest absolute Gasteiger partial charge is 0.106 e. The Morgan fingerprint density at radius 2 is 2.43 bits per heavy atom. The van der Waals surface area contributed by atoms with Gasteiger partial charge in [0.15, 0.2) is 0 Å². The van der Waals surface area contributed by atoms with Gasteiger partial charge in [0.25, 0.3) is 0 Å². The van der Waals surface area contributed by atoms with Crippen LogP contribution >= 0.6 is 12.8 Å². The van der Waals surface area contributed by atoms with Crippen LogP contribution in [0, 0.1) is 0 Å². The van der Waals surface area contributed by atoms with Crippen molar-refractivity contribution in [1.29, 1.82) is 0 Å². The van der Waals surface area contributed by atoms with Gasteiger partial charge >= 0.3 is 0 Å². The standard InChI is InChI=1S/C4H8N2S/c1-2-3-4(5)6-7/h2-3,6-7H,1,5H2/b4-3-. The fraction of sp³-hybridized carbons (Fsp3) is 0. The highest BCUT2D eigenvalue weighted by atomic mass is 32.1. The van der Waals surface area contributed by atoms with E-state index in [2.05, 4.69) is 24.1 Å². The lowest BCUT2D eigenvalue weighted by Crippen LogP contribution is -2.08. The number of nitrogens with two attached hydrogens (primary N) is 1. The second-order valence-electron chi connectivity index (χ2n) is 0.970. The SMILES string of the molecule is C=C/C=C(/N)NS. The van der Waals surface area contributed by atoms with Crippen LogP contribution in [0.3, 0.4) is 0 Å². The van der Waals surface area contributed by atoms with Crippen LogP contribution in [0.2, 0.25) is 0 Å². The first-order chi connectivity index (χ1) is 3.31. The zero-order valence-electron chi connectivity index (χ0n) is 3.89. The average Bonchev–Trinajstić information content (AvgIpc) is 1.68. The van der Waals surface area contributed by atoms with Crippen LogP contribution in [-0.4, -0.2) is 0 Å². The predicted octanol–water partition coefficient (Wildman–Crippen LogP) is 0.407. The maximum absolute atomic E-state index is 5.19. The summed E-state index contributed by atoms with van der Waals surface area (Å²) >= 11 is 3.66. The van der Waals surface area contributed by atoms with E-state index in [9.17, 15) is 0 Å². The number of thiol groups is 1. The number of hydrogen-bond acceptors (Lipinski definition) is 3. The summed E-state index contributed by atoms with van der Waals surface area (Å²) < 4.78 is 2.43. The van der Waals surface area contributed by atoms with Crippen molar-refractivity contribution in [2.75, 3.05) is 0 Å². The molecule has 0 spiro atoms. The minimum Gasteiger partial charge on any atom is -0.385 e. The van der Waals surface area contributed by atoms with Crippen LogP contribution in [0.4, 0.5) is 0 Å². The third-order valence-corrected chi connectivity index (χ3v) is 0.685. The van der Waals surface area contributed by atoms with Crippen molar-refractivity contribution in [3.63, 3.8) is 0 Å². The van der Waals surface area contributed by atoms with E-state index >= 15 is 0 Å². The van der Waals surface area contributed by atoms with Crippen LogP contribution in [0.25, 0.3) is 0 Å². The Morgan fingerprint density at radius 1 is 1.86 bits per heavy atom. The summed E-state index contributed by atoms with van der Waals surface area (Å²) in [6.45, 7) is 3.42. The van der Waals surface area contributed by atoms with E-state index in [0.717, 1.165) is 0 Å². The van der Waals surface area contributed by atoms with Gasteiger partial charge in [-0.05, 0) is 6.08 Å². The lowest BCUT2D eigenvalue weighted by atomic mass is 10.6. The third-order valence-electron chi connectivity index (χ3n) is 0.427. The molecule has 0 amide bonds. The molecule has 0 aliphatic rings. The molecule has 0 aromatic carbocycles. The van der Waals surface area contributed by atoms with Gasteiger partial charge in [0, 0.05) is 0 Å². The molecule has 0 radical (unpaired) electrons. The summed E-state index contributed by atoms with van der Waals surface area (Å²) in [7, 11) is 0. The van der Waals surface area contributed by atoms with Crippen molar-refractivity contribution in [1.82, 2.24) is 4.72 Å². The van der Waals surface area contributed by atoms with Crippen molar-refractivity contribution in [3.05, 3.63) is 24.6 Å². The lowest BCUT2D eigenvalue weighted by Gasteiger charge is -1.91. The first kappa shape index (κ1) is 6.43. The Labute approximate surface area is 48.6 Å². The van der Waals surface area contributed by atoms with E-state index in [1.807, 2.05) is 0 Å². The monoisotopic (exact) mass is 116 g/mol. The Morgan fingerprint density at radius 3 is 2.57 bits per heavy atom. The van der Waals surface area contributed by atoms with E-state index in [4.69, 9.17) is 5.73 Å². The van der Waals surface area contributed by atoms with Crippen molar-refractivity contribution >= 4 is 12.8 Å². The van der Waals surface area contributed by atoms with E-state index < -0.39 is 0 Å². The van der Waals surface area contributed by atoms with Crippen LogP contribution in [0.5, 0.6) is 0 Å². The number of rotatable bonds is 2. The quantitative estimate of drug-likeness (QED) is 0.361. The predicted molar refractivity (Wildman–Crippen MR) is 34.6 cm³/mol. The molecule has 0 bridgehead atoms. The second-order valence-corrected chi connectivity index (χ2v) is 1.19. The normalized spacial score (nSPS) is 10.7. The molecular weight excluding hydrogens is 108 g/mol.